The van der Waals surface area contributed by atoms with Crippen LogP contribution in [0, 0.1) is 0 Å². The summed E-state index contributed by atoms with van der Waals surface area (Å²) in [6, 6.07) is 0. The highest BCUT2D eigenvalue weighted by Crippen LogP contribution is 1.92. The third-order valence-corrected chi connectivity index (χ3v) is 0.805. The van der Waals surface area contributed by atoms with Crippen LogP contribution in [0.1, 0.15) is 0 Å². The van der Waals surface area contributed by atoms with Crippen molar-refractivity contribution in [3.05, 3.63) is 0 Å². The third-order valence-electron chi connectivity index (χ3n) is 0.805. The highest BCUT2D eigenvalue weighted by molar-refractivity contribution is 5.83. The Morgan fingerprint density at radius 3 is 0.889 bits per heavy atom. The van der Waals surface area contributed by atoms with Gasteiger partial charge in [0.2, 0.25) is 0 Å². The summed E-state index contributed by atoms with van der Waals surface area (Å²) in [5, 5.41) is 32.5. The minimum atomic E-state index is -2.27. The number of carboxylic acids is 2. The monoisotopic (exact) mass is 268 g/mol. The lowest BCUT2D eigenvalue weighted by Gasteiger charge is -2.07. The van der Waals surface area contributed by atoms with Crippen molar-refractivity contribution >= 4 is 11.9 Å². The Morgan fingerprint density at radius 2 is 0.833 bits per heavy atom. The first-order chi connectivity index (χ1) is 7.93. The minimum Gasteiger partial charge on any atom is -0.479 e. The lowest BCUT2D eigenvalue weighted by Crippen LogP contribution is -2.39. The Morgan fingerprint density at radius 1 is 0.722 bits per heavy atom. The fourth-order valence-electron chi connectivity index (χ4n) is 0.270. The topological polar surface area (TPSA) is 122 Å². The van der Waals surface area contributed by atoms with Crippen LogP contribution in [0.4, 0.5) is 0 Å². The second-order valence-corrected chi connectivity index (χ2v) is 4.25. The fourth-order valence-corrected chi connectivity index (χ4v) is 0.270. The summed E-state index contributed by atoms with van der Waals surface area (Å²) in [5.74, 6) is -3.54. The maximum atomic E-state index is 9.77. The van der Waals surface area contributed by atoms with Crippen LogP contribution in [0.25, 0.3) is 0 Å². The van der Waals surface area contributed by atoms with Gasteiger partial charge in [-0.3, -0.25) is 0 Å². The van der Waals surface area contributed by atoms with E-state index < -0.39 is 24.1 Å². The van der Waals surface area contributed by atoms with E-state index in [1.807, 2.05) is 52.1 Å². The molecule has 18 heavy (non-hydrogen) atoms. The number of aliphatic carboxylic acids is 2. The maximum absolute atomic E-state index is 9.77. The number of carbonyl (C=O) groups is 2. The number of aliphatic hydroxyl groups excluding tert-OH is 2. The molecule has 0 amide bonds. The highest BCUT2D eigenvalue weighted by atomic mass is 16.4. The van der Waals surface area contributed by atoms with Crippen LogP contribution in [0.15, 0.2) is 0 Å². The molecule has 0 radical (unpaired) electrons. The number of rotatable bonds is 3. The van der Waals surface area contributed by atoms with Gasteiger partial charge in [0.15, 0.2) is 12.2 Å². The second-order valence-electron chi connectivity index (χ2n) is 4.25. The van der Waals surface area contributed by atoms with Crippen LogP contribution < -0.4 is 0 Å². The molecule has 0 aliphatic heterocycles. The predicted molar refractivity (Wildman–Crippen MR) is 66.5 cm³/mol. The molecule has 2 unspecified atom stereocenters. The highest BCUT2D eigenvalue weighted by Gasteiger charge is 2.29. The van der Waals surface area contributed by atoms with Crippen LogP contribution in [-0.4, -0.2) is 96.7 Å². The first kappa shape index (κ1) is 22.0. The number of hydrogen-bond acceptors (Lipinski definition) is 6. The largest absolute Gasteiger partial charge is 0.479 e. The molecule has 0 saturated carbocycles. The van der Waals surface area contributed by atoms with Crippen molar-refractivity contribution < 1.29 is 30.0 Å². The summed E-state index contributed by atoms with van der Waals surface area (Å²) in [6.45, 7) is 0. The Balaban J connectivity index is -0.000000233. The number of hydrogen-bond donors (Lipinski definition) is 4. The van der Waals surface area contributed by atoms with E-state index >= 15 is 0 Å². The lowest BCUT2D eigenvalue weighted by atomic mass is 10.2. The average Bonchev–Trinajstić information content (AvgIpc) is 2.13. The van der Waals surface area contributed by atoms with Gasteiger partial charge in [-0.25, -0.2) is 9.59 Å². The molecule has 8 heteroatoms. The Bertz CT molecular complexity index is 203. The van der Waals surface area contributed by atoms with Gasteiger partial charge < -0.3 is 30.2 Å². The number of aliphatic hydroxyl groups is 2. The van der Waals surface area contributed by atoms with Crippen LogP contribution in [0.3, 0.4) is 0 Å². The molecule has 0 bridgehead atoms. The van der Waals surface area contributed by atoms with Gasteiger partial charge in [-0.05, 0) is 42.3 Å². The predicted octanol–water partition coefficient (Wildman–Crippen LogP) is -1.77. The molecular weight excluding hydrogens is 244 g/mol. The minimum absolute atomic E-state index is 1.77. The van der Waals surface area contributed by atoms with E-state index in [2.05, 4.69) is 0 Å². The summed E-state index contributed by atoms with van der Waals surface area (Å²) in [4.78, 5) is 23.5. The van der Waals surface area contributed by atoms with Gasteiger partial charge in [0.25, 0.3) is 0 Å². The van der Waals surface area contributed by atoms with Gasteiger partial charge in [-0.2, -0.15) is 0 Å². The SMILES string of the molecule is CN(C)C.CN(C)C.O=C(O)C(O)C(O)C(=O)O. The van der Waals surface area contributed by atoms with Crippen LogP contribution in [-0.2, 0) is 9.59 Å². The molecule has 8 nitrogen and oxygen atoms in total. The van der Waals surface area contributed by atoms with E-state index in [9.17, 15) is 9.59 Å². The Kier molecular flexibility index (Phi) is 15.0. The molecular formula is C10H24N2O6. The molecule has 0 rings (SSSR count). The van der Waals surface area contributed by atoms with E-state index in [0.29, 0.717) is 0 Å². The summed E-state index contributed by atoms with van der Waals surface area (Å²) in [6.07, 6.45) is -4.53. The molecule has 0 aromatic heterocycles. The quantitative estimate of drug-likeness (QED) is 0.474. The van der Waals surface area contributed by atoms with E-state index in [1.165, 1.54) is 0 Å². The van der Waals surface area contributed by atoms with Gasteiger partial charge in [-0.1, -0.05) is 0 Å². The second kappa shape index (κ2) is 12.2. The summed E-state index contributed by atoms with van der Waals surface area (Å²) < 4.78 is 0. The van der Waals surface area contributed by atoms with E-state index in [-0.39, 0.29) is 0 Å². The summed E-state index contributed by atoms with van der Waals surface area (Å²) in [7, 11) is 12.0. The van der Waals surface area contributed by atoms with Gasteiger partial charge >= 0.3 is 11.9 Å². The molecule has 4 N–H and O–H groups in total. The molecule has 0 aliphatic carbocycles. The van der Waals surface area contributed by atoms with E-state index in [0.717, 1.165) is 0 Å². The van der Waals surface area contributed by atoms with Crippen molar-refractivity contribution in [2.24, 2.45) is 0 Å². The van der Waals surface area contributed by atoms with Gasteiger partial charge in [0, 0.05) is 0 Å². The van der Waals surface area contributed by atoms with Crippen LogP contribution in [0.2, 0.25) is 0 Å². The standard InChI is InChI=1S/C4H6O6.2C3H9N/c5-1(3(7)8)2(6)4(9)10;2*1-4(2)3/h1-2,5-6H,(H,7,8)(H,9,10);2*1-3H3. The first-order valence-corrected chi connectivity index (χ1v) is 4.97. The van der Waals surface area contributed by atoms with Gasteiger partial charge in [0.05, 0.1) is 0 Å². The van der Waals surface area contributed by atoms with Crippen LogP contribution >= 0.6 is 0 Å². The summed E-state index contributed by atoms with van der Waals surface area (Å²) in [5.41, 5.74) is 0. The van der Waals surface area contributed by atoms with Gasteiger partial charge in [-0.15, -0.1) is 0 Å². The zero-order valence-corrected chi connectivity index (χ0v) is 11.7. The first-order valence-electron chi connectivity index (χ1n) is 4.97. The molecule has 0 aliphatic rings. The number of carboxylic acid groups (broad SMARTS) is 2. The molecule has 0 heterocycles. The van der Waals surface area contributed by atoms with Crippen molar-refractivity contribution in [1.29, 1.82) is 0 Å². The third kappa shape index (κ3) is 24.2. The van der Waals surface area contributed by atoms with Crippen molar-refractivity contribution in [2.75, 3.05) is 42.3 Å². The maximum Gasteiger partial charge on any atom is 0.335 e. The molecule has 0 fully saturated rings. The molecule has 2 atom stereocenters. The average molecular weight is 268 g/mol. The van der Waals surface area contributed by atoms with E-state index in [1.54, 1.807) is 0 Å². The lowest BCUT2D eigenvalue weighted by molar-refractivity contribution is -0.165. The van der Waals surface area contributed by atoms with Gasteiger partial charge in [0.1, 0.15) is 0 Å². The Hall–Kier alpha value is -1.22. The number of nitrogens with zero attached hydrogens (tertiary/aromatic N) is 2. The molecule has 0 aromatic rings. The molecule has 110 valence electrons. The Labute approximate surface area is 107 Å². The van der Waals surface area contributed by atoms with Crippen molar-refractivity contribution in [2.45, 2.75) is 12.2 Å². The van der Waals surface area contributed by atoms with Crippen molar-refractivity contribution in [3.63, 3.8) is 0 Å². The molecule has 0 spiro atoms. The zero-order chi connectivity index (χ0) is 15.5. The van der Waals surface area contributed by atoms with Crippen molar-refractivity contribution in [1.82, 2.24) is 9.80 Å². The fraction of sp³-hybridized carbons (Fsp3) is 0.800. The molecule has 0 saturated heterocycles. The van der Waals surface area contributed by atoms with E-state index in [4.69, 9.17) is 20.4 Å². The summed E-state index contributed by atoms with van der Waals surface area (Å²) >= 11 is 0. The molecule has 0 aromatic carbocycles. The zero-order valence-electron chi connectivity index (χ0n) is 11.7. The smallest absolute Gasteiger partial charge is 0.335 e. The van der Waals surface area contributed by atoms with Crippen LogP contribution in [0.5, 0.6) is 0 Å². The van der Waals surface area contributed by atoms with Crippen molar-refractivity contribution in [3.8, 4) is 0 Å². The normalized spacial score (nSPS) is 12.8.